The minimum Gasteiger partial charge on any atom is -0.468 e. The highest BCUT2D eigenvalue weighted by atomic mass is 127. The molecule has 0 atom stereocenters. The molecular formula is C18H19F6IN4O2. The van der Waals surface area contributed by atoms with Gasteiger partial charge in [-0.1, -0.05) is 24.3 Å². The summed E-state index contributed by atoms with van der Waals surface area (Å²) in [6.07, 6.45) is -8.05. The number of guanidine groups is 1. The maximum absolute atomic E-state index is 12.5. The normalized spacial score (nSPS) is 12.0. The van der Waals surface area contributed by atoms with E-state index in [0.29, 0.717) is 5.56 Å². The summed E-state index contributed by atoms with van der Waals surface area (Å²) in [7, 11) is 1.43. The van der Waals surface area contributed by atoms with E-state index < -0.39 is 19.1 Å². The molecule has 0 aliphatic rings. The van der Waals surface area contributed by atoms with Gasteiger partial charge in [0.2, 0.25) is 5.88 Å². The van der Waals surface area contributed by atoms with Gasteiger partial charge in [0, 0.05) is 37.5 Å². The van der Waals surface area contributed by atoms with Gasteiger partial charge in [-0.05, 0) is 12.1 Å². The standard InChI is InChI=1S/C18H18F6N4O2.HI/c1-25-16(27-9-12-5-2-3-7-14(12)30-18(22,23)24)28-10-13-6-4-8-26-15(13)29-11-17(19,20)21;/h2-8H,9-11H2,1H3,(H2,25,27,28);1H. The average Bonchev–Trinajstić information content (AvgIpc) is 2.66. The van der Waals surface area contributed by atoms with Crippen LogP contribution in [0.25, 0.3) is 0 Å². The zero-order valence-corrected chi connectivity index (χ0v) is 18.4. The van der Waals surface area contributed by atoms with Crippen molar-refractivity contribution >= 4 is 29.9 Å². The summed E-state index contributed by atoms with van der Waals surface area (Å²) in [5, 5.41) is 5.64. The predicted molar refractivity (Wildman–Crippen MR) is 111 cm³/mol. The Labute approximate surface area is 191 Å². The largest absolute Gasteiger partial charge is 0.573 e. The molecule has 0 aliphatic heterocycles. The van der Waals surface area contributed by atoms with Crippen LogP contribution in [0.1, 0.15) is 11.1 Å². The van der Waals surface area contributed by atoms with E-state index in [0.717, 1.165) is 0 Å². The van der Waals surface area contributed by atoms with Crippen molar-refractivity contribution in [2.75, 3.05) is 13.7 Å². The Bertz CT molecular complexity index is 861. The second kappa shape index (κ2) is 11.8. The Hall–Kier alpha value is -2.45. The van der Waals surface area contributed by atoms with Crippen molar-refractivity contribution in [3.63, 3.8) is 0 Å². The fraction of sp³-hybridized carbons (Fsp3) is 0.333. The lowest BCUT2D eigenvalue weighted by molar-refractivity contribution is -0.274. The molecule has 2 N–H and O–H groups in total. The molecule has 0 saturated carbocycles. The highest BCUT2D eigenvalue weighted by molar-refractivity contribution is 14.0. The second-order valence-corrected chi connectivity index (χ2v) is 5.81. The number of pyridine rings is 1. The number of rotatable bonds is 7. The van der Waals surface area contributed by atoms with Crippen LogP contribution < -0.4 is 20.1 Å². The SMILES string of the molecule is CN=C(NCc1ccccc1OC(F)(F)F)NCc1cccnc1OCC(F)(F)F.I. The quantitative estimate of drug-likeness (QED) is 0.226. The molecule has 0 unspecified atom stereocenters. The van der Waals surface area contributed by atoms with Crippen LogP contribution in [0.2, 0.25) is 0 Å². The number of halogens is 7. The Balaban J connectivity index is 0.00000480. The van der Waals surface area contributed by atoms with Gasteiger partial charge in [-0.25, -0.2) is 4.98 Å². The molecule has 13 heteroatoms. The first-order chi connectivity index (χ1) is 14.1. The fourth-order valence-corrected chi connectivity index (χ4v) is 2.29. The number of nitrogens with zero attached hydrogens (tertiary/aromatic N) is 2. The van der Waals surface area contributed by atoms with Gasteiger partial charge >= 0.3 is 12.5 Å². The average molecular weight is 564 g/mol. The molecule has 2 rings (SSSR count). The van der Waals surface area contributed by atoms with Crippen LogP contribution in [0.15, 0.2) is 47.6 Å². The smallest absolute Gasteiger partial charge is 0.468 e. The predicted octanol–water partition coefficient (Wildman–Crippen LogP) is 4.40. The van der Waals surface area contributed by atoms with Crippen molar-refractivity contribution < 1.29 is 35.8 Å². The van der Waals surface area contributed by atoms with Gasteiger partial charge in [-0.3, -0.25) is 4.99 Å². The summed E-state index contributed by atoms with van der Waals surface area (Å²) in [6.45, 7) is -1.52. The maximum Gasteiger partial charge on any atom is 0.573 e. The first kappa shape index (κ1) is 26.6. The second-order valence-electron chi connectivity index (χ2n) is 5.81. The lowest BCUT2D eigenvalue weighted by Crippen LogP contribution is -2.36. The Morgan fingerprint density at radius 3 is 2.19 bits per heavy atom. The number of benzene rings is 1. The third-order valence-corrected chi connectivity index (χ3v) is 3.54. The summed E-state index contributed by atoms with van der Waals surface area (Å²) in [5.74, 6) is -0.354. The first-order valence-corrected chi connectivity index (χ1v) is 8.49. The number of ether oxygens (including phenoxy) is 2. The number of nitrogens with one attached hydrogen (secondary N) is 2. The van der Waals surface area contributed by atoms with Gasteiger partial charge in [-0.2, -0.15) is 13.2 Å². The third kappa shape index (κ3) is 9.93. The molecule has 0 aliphatic carbocycles. The van der Waals surface area contributed by atoms with Crippen LogP contribution in [-0.4, -0.2) is 37.1 Å². The highest BCUT2D eigenvalue weighted by Gasteiger charge is 2.32. The van der Waals surface area contributed by atoms with Crippen molar-refractivity contribution in [1.82, 2.24) is 15.6 Å². The van der Waals surface area contributed by atoms with E-state index in [1.54, 1.807) is 6.07 Å². The molecule has 0 saturated heterocycles. The number of aliphatic imine (C=N–C) groups is 1. The first-order valence-electron chi connectivity index (χ1n) is 8.49. The zero-order valence-electron chi connectivity index (χ0n) is 16.0. The summed E-state index contributed by atoms with van der Waals surface area (Å²) in [5.41, 5.74) is 0.568. The van der Waals surface area contributed by atoms with Crippen molar-refractivity contribution in [1.29, 1.82) is 0 Å². The molecular weight excluding hydrogens is 545 g/mol. The number of hydrogen-bond donors (Lipinski definition) is 2. The molecule has 6 nitrogen and oxygen atoms in total. The molecule has 31 heavy (non-hydrogen) atoms. The highest BCUT2D eigenvalue weighted by Crippen LogP contribution is 2.26. The molecule has 1 aromatic heterocycles. The van der Waals surface area contributed by atoms with Crippen LogP contribution in [0.5, 0.6) is 11.6 Å². The molecule has 0 bridgehead atoms. The number of alkyl halides is 6. The van der Waals surface area contributed by atoms with Crippen LogP contribution in [0.3, 0.4) is 0 Å². The fourth-order valence-electron chi connectivity index (χ4n) is 2.29. The van der Waals surface area contributed by atoms with E-state index in [2.05, 4.69) is 25.3 Å². The van der Waals surface area contributed by atoms with E-state index in [-0.39, 0.29) is 60.2 Å². The third-order valence-electron chi connectivity index (χ3n) is 3.54. The van der Waals surface area contributed by atoms with E-state index in [9.17, 15) is 26.3 Å². The van der Waals surface area contributed by atoms with Crippen molar-refractivity contribution in [3.05, 3.63) is 53.7 Å². The summed E-state index contributed by atoms with van der Waals surface area (Å²) in [6, 6.07) is 8.63. The van der Waals surface area contributed by atoms with E-state index >= 15 is 0 Å². The van der Waals surface area contributed by atoms with E-state index in [1.807, 2.05) is 0 Å². The van der Waals surface area contributed by atoms with Crippen LogP contribution in [-0.2, 0) is 13.1 Å². The Morgan fingerprint density at radius 1 is 0.968 bits per heavy atom. The Kier molecular flexibility index (Phi) is 10.1. The molecule has 1 aromatic carbocycles. The van der Waals surface area contributed by atoms with Gasteiger partial charge in [0.1, 0.15) is 5.75 Å². The van der Waals surface area contributed by atoms with Gasteiger partial charge < -0.3 is 20.1 Å². The minimum absolute atomic E-state index is 0. The molecule has 0 fully saturated rings. The monoisotopic (exact) mass is 564 g/mol. The van der Waals surface area contributed by atoms with Crippen LogP contribution >= 0.6 is 24.0 Å². The van der Waals surface area contributed by atoms with E-state index in [4.69, 9.17) is 4.74 Å². The number of hydrogen-bond acceptors (Lipinski definition) is 4. The van der Waals surface area contributed by atoms with Gasteiger partial charge in [0.05, 0.1) is 0 Å². The van der Waals surface area contributed by atoms with Crippen LogP contribution in [0.4, 0.5) is 26.3 Å². The molecule has 0 amide bonds. The lowest BCUT2D eigenvalue weighted by atomic mass is 10.2. The minimum atomic E-state index is -4.83. The molecule has 172 valence electrons. The van der Waals surface area contributed by atoms with Crippen LogP contribution in [0, 0.1) is 0 Å². The maximum atomic E-state index is 12.5. The summed E-state index contributed by atoms with van der Waals surface area (Å²) in [4.78, 5) is 7.71. The number of aromatic nitrogens is 1. The van der Waals surface area contributed by atoms with Gasteiger partial charge in [0.15, 0.2) is 12.6 Å². The van der Waals surface area contributed by atoms with Crippen molar-refractivity contribution in [2.45, 2.75) is 25.6 Å². The summed E-state index contributed by atoms with van der Waals surface area (Å²) >= 11 is 0. The van der Waals surface area contributed by atoms with Gasteiger partial charge in [0.25, 0.3) is 0 Å². The molecule has 2 aromatic rings. The Morgan fingerprint density at radius 2 is 1.58 bits per heavy atom. The molecule has 1 heterocycles. The lowest BCUT2D eigenvalue weighted by Gasteiger charge is -2.16. The zero-order chi connectivity index (χ0) is 22.2. The molecule has 0 radical (unpaired) electrons. The van der Waals surface area contributed by atoms with Gasteiger partial charge in [-0.15, -0.1) is 37.1 Å². The van der Waals surface area contributed by atoms with Crippen molar-refractivity contribution in [2.24, 2.45) is 4.99 Å². The molecule has 0 spiro atoms. The topological polar surface area (TPSA) is 67.8 Å². The van der Waals surface area contributed by atoms with E-state index in [1.165, 1.54) is 43.6 Å². The number of para-hydroxylation sites is 1. The van der Waals surface area contributed by atoms with Crippen molar-refractivity contribution in [3.8, 4) is 11.6 Å². The summed E-state index contributed by atoms with van der Waals surface area (Å²) < 4.78 is 83.3.